The highest BCUT2D eigenvalue weighted by atomic mass is 16.5. The second-order valence-corrected chi connectivity index (χ2v) is 10.1. The minimum atomic E-state index is -2.73. The maximum atomic E-state index is 13.0. The number of rotatable bonds is 3. The van der Waals surface area contributed by atoms with Crippen molar-refractivity contribution >= 4 is 28.9 Å². The van der Waals surface area contributed by atoms with Crippen LogP contribution < -0.4 is 20.7 Å². The Morgan fingerprint density at radius 1 is 1.10 bits per heavy atom. The largest absolute Gasteiger partial charge is 0.494 e. The lowest BCUT2D eigenvalue weighted by Gasteiger charge is -2.22. The SMILES string of the molecule is [2H]C([2H])([2H])NC(=O)c1nnc2cc1Nc1cc(cc(-c3ncn(C)n3)c1OC)COCc1cc(C(C)(C)C)cc(n1)N2. The summed E-state index contributed by atoms with van der Waals surface area (Å²) in [6.45, 7) is 4.03. The van der Waals surface area contributed by atoms with Gasteiger partial charge in [-0.1, -0.05) is 20.8 Å². The van der Waals surface area contributed by atoms with E-state index < -0.39 is 12.9 Å². The van der Waals surface area contributed by atoms with Gasteiger partial charge in [0.15, 0.2) is 23.1 Å². The minimum absolute atomic E-state index is 0.176. The number of hydrogen-bond acceptors (Lipinski definition) is 10. The summed E-state index contributed by atoms with van der Waals surface area (Å²) in [5.74, 6) is 0.662. The fourth-order valence-corrected chi connectivity index (χ4v) is 4.20. The third-order valence-corrected chi connectivity index (χ3v) is 6.10. The molecule has 12 heteroatoms. The average Bonchev–Trinajstić information content (AvgIpc) is 3.32. The zero-order chi connectivity index (χ0) is 30.2. The molecule has 1 aliphatic rings. The second-order valence-electron chi connectivity index (χ2n) is 10.1. The Kier molecular flexibility index (Phi) is 5.91. The Labute approximate surface area is 230 Å². The molecule has 0 radical (unpaired) electrons. The first kappa shape index (κ1) is 22.4. The lowest BCUT2D eigenvalue weighted by Crippen LogP contribution is -2.21. The number of pyridine rings is 1. The molecule has 0 fully saturated rings. The van der Waals surface area contributed by atoms with Crippen molar-refractivity contribution < 1.29 is 18.4 Å². The van der Waals surface area contributed by atoms with Crippen LogP contribution in [0.3, 0.4) is 0 Å². The lowest BCUT2D eigenvalue weighted by atomic mass is 9.87. The molecule has 1 aromatic carbocycles. The summed E-state index contributed by atoms with van der Waals surface area (Å²) < 4.78 is 35.9. The topological polar surface area (TPSA) is 141 Å². The van der Waals surface area contributed by atoms with Gasteiger partial charge >= 0.3 is 0 Å². The van der Waals surface area contributed by atoms with Crippen LogP contribution in [-0.4, -0.2) is 49.9 Å². The van der Waals surface area contributed by atoms with E-state index in [1.165, 1.54) is 7.11 Å². The van der Waals surface area contributed by atoms with Crippen molar-refractivity contribution in [3.05, 3.63) is 59.2 Å². The third-order valence-electron chi connectivity index (χ3n) is 6.10. The van der Waals surface area contributed by atoms with Gasteiger partial charge in [-0.05, 0) is 40.8 Å². The van der Waals surface area contributed by atoms with Gasteiger partial charge < -0.3 is 25.4 Å². The van der Waals surface area contributed by atoms with Crippen molar-refractivity contribution in [2.24, 2.45) is 7.05 Å². The highest BCUT2D eigenvalue weighted by molar-refractivity contribution is 5.99. The van der Waals surface area contributed by atoms with E-state index in [-0.39, 0.29) is 35.8 Å². The highest BCUT2D eigenvalue weighted by Gasteiger charge is 2.22. The summed E-state index contributed by atoms with van der Waals surface area (Å²) >= 11 is 0. The Balaban J connectivity index is 1.69. The summed E-state index contributed by atoms with van der Waals surface area (Å²) in [6.07, 6.45) is 1.57. The molecule has 202 valence electrons. The quantitative estimate of drug-likeness (QED) is 0.356. The molecule has 3 aromatic heterocycles. The van der Waals surface area contributed by atoms with E-state index in [1.54, 1.807) is 30.2 Å². The van der Waals surface area contributed by atoms with E-state index in [0.29, 0.717) is 34.3 Å². The molecule has 0 unspecified atom stereocenters. The van der Waals surface area contributed by atoms with E-state index in [4.69, 9.17) is 18.6 Å². The van der Waals surface area contributed by atoms with Crippen molar-refractivity contribution in [1.82, 2.24) is 35.3 Å². The molecule has 1 aliphatic heterocycles. The molecule has 1 amide bonds. The van der Waals surface area contributed by atoms with Gasteiger partial charge in [0.2, 0.25) is 0 Å². The van der Waals surface area contributed by atoms with Crippen molar-refractivity contribution in [2.75, 3.05) is 24.7 Å². The Hall–Kier alpha value is -4.58. The first-order valence-corrected chi connectivity index (χ1v) is 12.2. The molecule has 0 saturated heterocycles. The van der Waals surface area contributed by atoms with Crippen LogP contribution in [-0.2, 0) is 30.4 Å². The molecule has 5 rings (SSSR count). The summed E-state index contributed by atoms with van der Waals surface area (Å²) in [5, 5.41) is 21.0. The molecule has 0 aliphatic carbocycles. The van der Waals surface area contributed by atoms with Gasteiger partial charge in [0.05, 0.1) is 43.0 Å². The zero-order valence-corrected chi connectivity index (χ0v) is 22.3. The summed E-state index contributed by atoms with van der Waals surface area (Å²) in [5.41, 5.74) is 3.30. The number of nitrogens with one attached hydrogen (secondary N) is 3. The van der Waals surface area contributed by atoms with E-state index in [1.807, 2.05) is 23.5 Å². The third kappa shape index (κ3) is 5.50. The van der Waals surface area contributed by atoms with Crippen LogP contribution in [0.25, 0.3) is 11.4 Å². The molecule has 4 heterocycles. The summed E-state index contributed by atoms with van der Waals surface area (Å²) in [7, 11) is 3.26. The molecule has 3 N–H and O–H groups in total. The Bertz CT molecular complexity index is 1650. The number of nitrogens with zero attached hydrogens (tertiary/aromatic N) is 6. The first-order chi connectivity index (χ1) is 19.8. The zero-order valence-electron chi connectivity index (χ0n) is 25.3. The molecule has 12 nitrogen and oxygen atoms in total. The van der Waals surface area contributed by atoms with Crippen LogP contribution in [0, 0.1) is 0 Å². The van der Waals surface area contributed by atoms with Crippen molar-refractivity contribution in [3.8, 4) is 17.1 Å². The molecular formula is C27H31N9O3. The lowest BCUT2D eigenvalue weighted by molar-refractivity contribution is 0.0958. The van der Waals surface area contributed by atoms with Gasteiger partial charge in [-0.25, -0.2) is 9.97 Å². The van der Waals surface area contributed by atoms with Gasteiger partial charge in [-0.15, -0.1) is 10.2 Å². The summed E-state index contributed by atoms with van der Waals surface area (Å²) in [4.78, 5) is 22.1. The molecule has 0 atom stereocenters. The van der Waals surface area contributed by atoms with Crippen molar-refractivity contribution in [1.29, 1.82) is 0 Å². The normalized spacial score (nSPS) is 14.5. The predicted molar refractivity (Wildman–Crippen MR) is 146 cm³/mol. The number of carbonyl (C=O) groups is 1. The van der Waals surface area contributed by atoms with Crippen LogP contribution >= 0.6 is 0 Å². The standard InChI is InChI=1S/C27H31N9O3/c1-27(2,3)16-9-17-13-39-12-15-7-18(25-29-14-36(5)35-25)24(38-6)20(8-15)31-19-11-22(32-21(10-16)30-17)33-34-23(19)26(37)28-4/h7-11,14,31H,12-13H2,1-6H3,(H,28,37)(H,30,32,33)/i4D3. The van der Waals surface area contributed by atoms with Crippen LogP contribution in [0.2, 0.25) is 0 Å². The molecule has 0 saturated carbocycles. The fourth-order valence-electron chi connectivity index (χ4n) is 4.20. The van der Waals surface area contributed by atoms with Gasteiger partial charge in [0, 0.05) is 24.2 Å². The van der Waals surface area contributed by atoms with Gasteiger partial charge in [0.25, 0.3) is 5.91 Å². The van der Waals surface area contributed by atoms with Gasteiger partial charge in [0.1, 0.15) is 12.1 Å². The molecule has 6 bridgehead atoms. The maximum Gasteiger partial charge on any atom is 0.273 e. The van der Waals surface area contributed by atoms with Gasteiger partial charge in [-0.2, -0.15) is 5.10 Å². The van der Waals surface area contributed by atoms with E-state index in [9.17, 15) is 4.79 Å². The fraction of sp³-hybridized carbons (Fsp3) is 0.333. The number of amides is 1. The maximum absolute atomic E-state index is 13.0. The van der Waals surface area contributed by atoms with Crippen LogP contribution in [0.15, 0.2) is 36.7 Å². The number of aromatic nitrogens is 6. The number of anilines is 4. The average molecular weight is 533 g/mol. The van der Waals surface area contributed by atoms with Crippen LogP contribution in [0.4, 0.5) is 23.0 Å². The molecule has 4 aromatic rings. The van der Waals surface area contributed by atoms with Gasteiger partial charge in [-0.3, -0.25) is 9.48 Å². The summed E-state index contributed by atoms with van der Waals surface area (Å²) in [6, 6.07) is 9.15. The second kappa shape index (κ2) is 10.3. The number of carbonyl (C=O) groups excluding carboxylic acids is 1. The molecule has 39 heavy (non-hydrogen) atoms. The smallest absolute Gasteiger partial charge is 0.273 e. The first-order valence-electron chi connectivity index (χ1n) is 13.7. The number of aryl methyl sites for hydroxylation is 1. The van der Waals surface area contributed by atoms with Crippen LogP contribution in [0.5, 0.6) is 5.75 Å². The Morgan fingerprint density at radius 2 is 1.95 bits per heavy atom. The number of hydrogen-bond donors (Lipinski definition) is 3. The minimum Gasteiger partial charge on any atom is -0.494 e. The molecule has 0 spiro atoms. The van der Waals surface area contributed by atoms with Crippen molar-refractivity contribution in [3.63, 3.8) is 0 Å². The monoisotopic (exact) mass is 532 g/mol. The number of ether oxygens (including phenoxy) is 2. The predicted octanol–water partition coefficient (Wildman–Crippen LogP) is 3.85. The number of fused-ring (bicyclic) bond motifs is 6. The molecular weight excluding hydrogens is 498 g/mol. The number of benzene rings is 1. The Morgan fingerprint density at radius 3 is 2.67 bits per heavy atom. The van der Waals surface area contributed by atoms with Crippen molar-refractivity contribution in [2.45, 2.75) is 39.4 Å². The van der Waals surface area contributed by atoms with E-state index in [2.05, 4.69) is 51.7 Å². The van der Waals surface area contributed by atoms with E-state index in [0.717, 1.165) is 11.1 Å². The van der Waals surface area contributed by atoms with E-state index >= 15 is 0 Å². The van der Waals surface area contributed by atoms with Crippen LogP contribution in [0.1, 0.15) is 52.2 Å². The number of methoxy groups -OCH3 is 1. The highest BCUT2D eigenvalue weighted by Crippen LogP contribution is 2.39.